The van der Waals surface area contributed by atoms with E-state index in [1.165, 1.54) is 11.8 Å². The Balaban J connectivity index is 1.56. The third-order valence-electron chi connectivity index (χ3n) is 4.33. The number of aryl methyl sites for hydroxylation is 1. The van der Waals surface area contributed by atoms with Crippen LogP contribution in [-0.4, -0.2) is 36.0 Å². The number of rotatable bonds is 5. The topological polar surface area (TPSA) is 77.1 Å². The molecule has 0 unspecified atom stereocenters. The maximum atomic E-state index is 12.4. The van der Waals surface area contributed by atoms with Gasteiger partial charge in [-0.1, -0.05) is 30.0 Å². The summed E-state index contributed by atoms with van der Waals surface area (Å²) in [6.07, 6.45) is 1.68. The van der Waals surface area contributed by atoms with Gasteiger partial charge in [0.05, 0.1) is 17.5 Å². The molecule has 1 N–H and O–H groups in total. The summed E-state index contributed by atoms with van der Waals surface area (Å²) in [7, 11) is 0. The van der Waals surface area contributed by atoms with Crippen LogP contribution in [0.3, 0.4) is 0 Å². The van der Waals surface area contributed by atoms with E-state index >= 15 is 0 Å². The lowest BCUT2D eigenvalue weighted by Gasteiger charge is -2.11. The second-order valence-electron chi connectivity index (χ2n) is 6.61. The predicted octanol–water partition coefficient (Wildman–Crippen LogP) is 3.70. The van der Waals surface area contributed by atoms with Crippen LogP contribution in [0.1, 0.15) is 25.5 Å². The Kier molecular flexibility index (Phi) is 4.57. The lowest BCUT2D eigenvalue weighted by molar-refractivity contribution is -0.113. The van der Waals surface area contributed by atoms with Gasteiger partial charge in [0.25, 0.3) is 0 Å². The van der Waals surface area contributed by atoms with Gasteiger partial charge in [-0.15, -0.1) is 10.2 Å². The number of benzene rings is 1. The highest BCUT2D eigenvalue weighted by Gasteiger charge is 2.14. The van der Waals surface area contributed by atoms with Gasteiger partial charge in [0.1, 0.15) is 5.82 Å². The van der Waals surface area contributed by atoms with E-state index in [-0.39, 0.29) is 17.7 Å². The number of amides is 1. The van der Waals surface area contributed by atoms with E-state index in [1.807, 2.05) is 42.5 Å². The molecular formula is C19H20N6OS. The number of fused-ring (bicyclic) bond motifs is 3. The minimum atomic E-state index is -0.101. The van der Waals surface area contributed by atoms with Crippen LogP contribution in [0.5, 0.6) is 0 Å². The van der Waals surface area contributed by atoms with Gasteiger partial charge < -0.3 is 5.32 Å². The molecule has 1 aromatic carbocycles. The van der Waals surface area contributed by atoms with Crippen molar-refractivity contribution < 1.29 is 4.79 Å². The van der Waals surface area contributed by atoms with E-state index in [0.717, 1.165) is 22.1 Å². The zero-order valence-corrected chi connectivity index (χ0v) is 16.2. The molecule has 0 fully saturated rings. The number of nitrogens with zero attached hydrogens (tertiary/aromatic N) is 5. The molecule has 0 aliphatic heterocycles. The van der Waals surface area contributed by atoms with Crippen molar-refractivity contribution in [1.82, 2.24) is 24.4 Å². The third kappa shape index (κ3) is 3.28. The summed E-state index contributed by atoms with van der Waals surface area (Å²) in [5.74, 6) is 0.838. The van der Waals surface area contributed by atoms with Gasteiger partial charge >= 0.3 is 0 Å². The number of hydrogen-bond acceptors (Lipinski definition) is 5. The molecule has 0 aliphatic rings. The van der Waals surface area contributed by atoms with E-state index in [1.54, 1.807) is 16.9 Å². The molecule has 0 saturated heterocycles. The quantitative estimate of drug-likeness (QED) is 0.534. The summed E-state index contributed by atoms with van der Waals surface area (Å²) in [5.41, 5.74) is 2.98. The van der Waals surface area contributed by atoms with Crippen LogP contribution >= 0.6 is 11.8 Å². The zero-order valence-electron chi connectivity index (χ0n) is 15.4. The number of pyridine rings is 1. The van der Waals surface area contributed by atoms with Crippen LogP contribution in [0.15, 0.2) is 47.8 Å². The van der Waals surface area contributed by atoms with E-state index < -0.39 is 0 Å². The number of anilines is 1. The first-order chi connectivity index (χ1) is 13.0. The van der Waals surface area contributed by atoms with Crippen LogP contribution < -0.4 is 5.32 Å². The Morgan fingerprint density at radius 1 is 1.22 bits per heavy atom. The highest BCUT2D eigenvalue weighted by molar-refractivity contribution is 7.99. The summed E-state index contributed by atoms with van der Waals surface area (Å²) >= 11 is 1.37. The van der Waals surface area contributed by atoms with E-state index in [2.05, 4.69) is 33.6 Å². The molecule has 7 nitrogen and oxygen atoms in total. The van der Waals surface area contributed by atoms with Crippen molar-refractivity contribution in [2.45, 2.75) is 32.0 Å². The Hall–Kier alpha value is -2.87. The second-order valence-corrected chi connectivity index (χ2v) is 7.55. The average molecular weight is 380 g/mol. The Bertz CT molecular complexity index is 1130. The molecule has 3 aromatic heterocycles. The maximum absolute atomic E-state index is 12.4. The number of aromatic nitrogens is 5. The van der Waals surface area contributed by atoms with Crippen LogP contribution in [-0.2, 0) is 4.79 Å². The second kappa shape index (κ2) is 7.03. The van der Waals surface area contributed by atoms with Gasteiger partial charge in [-0.25, -0.2) is 4.68 Å². The molecule has 0 spiro atoms. The van der Waals surface area contributed by atoms with Crippen LogP contribution in [0.4, 0.5) is 5.82 Å². The number of thioether (sulfide) groups is 1. The van der Waals surface area contributed by atoms with Crippen molar-refractivity contribution in [2.75, 3.05) is 11.1 Å². The molecule has 4 rings (SSSR count). The predicted molar refractivity (Wildman–Crippen MR) is 107 cm³/mol. The lowest BCUT2D eigenvalue weighted by atomic mass is 10.1. The summed E-state index contributed by atoms with van der Waals surface area (Å²) in [6, 6.07) is 12.1. The molecule has 4 aromatic rings. The van der Waals surface area contributed by atoms with Gasteiger partial charge in [0, 0.05) is 17.5 Å². The number of hydrogen-bond donors (Lipinski definition) is 1. The van der Waals surface area contributed by atoms with E-state index in [0.29, 0.717) is 11.0 Å². The smallest absolute Gasteiger partial charge is 0.235 e. The molecule has 138 valence electrons. The molecule has 27 heavy (non-hydrogen) atoms. The maximum Gasteiger partial charge on any atom is 0.235 e. The molecule has 8 heteroatoms. The van der Waals surface area contributed by atoms with Crippen molar-refractivity contribution >= 4 is 40.0 Å². The highest BCUT2D eigenvalue weighted by Crippen LogP contribution is 2.25. The van der Waals surface area contributed by atoms with Gasteiger partial charge in [0.2, 0.25) is 5.91 Å². The standard InChI is InChI=1S/C19H20N6OS/c1-12(2)25-16(8-9-20-25)21-18(26)11-27-19-23-22-17-10-13(3)14-6-4-5-7-15(14)24(17)19/h4-10,12H,11H2,1-3H3,(H,21,26). The fourth-order valence-electron chi connectivity index (χ4n) is 3.10. The van der Waals surface area contributed by atoms with Crippen molar-refractivity contribution in [2.24, 2.45) is 0 Å². The van der Waals surface area contributed by atoms with Gasteiger partial charge in [-0.05, 0) is 38.5 Å². The Morgan fingerprint density at radius 3 is 2.85 bits per heavy atom. The molecule has 0 bridgehead atoms. The zero-order chi connectivity index (χ0) is 19.0. The molecule has 3 heterocycles. The number of carbonyl (C=O) groups excluding carboxylic acids is 1. The van der Waals surface area contributed by atoms with Crippen molar-refractivity contribution in [3.05, 3.63) is 48.2 Å². The van der Waals surface area contributed by atoms with E-state index in [4.69, 9.17) is 0 Å². The van der Waals surface area contributed by atoms with Gasteiger partial charge in [-0.3, -0.25) is 9.20 Å². The van der Waals surface area contributed by atoms with Crippen molar-refractivity contribution in [3.8, 4) is 0 Å². The summed E-state index contributed by atoms with van der Waals surface area (Å²) in [4.78, 5) is 12.4. The molecular weight excluding hydrogens is 360 g/mol. The third-order valence-corrected chi connectivity index (χ3v) is 5.26. The average Bonchev–Trinajstić information content (AvgIpc) is 3.27. The number of nitrogens with one attached hydrogen (secondary N) is 1. The first-order valence-electron chi connectivity index (χ1n) is 8.74. The minimum absolute atomic E-state index is 0.101. The van der Waals surface area contributed by atoms with Crippen molar-refractivity contribution in [1.29, 1.82) is 0 Å². The highest BCUT2D eigenvalue weighted by atomic mass is 32.2. The molecule has 0 atom stereocenters. The fraction of sp³-hybridized carbons (Fsp3) is 0.263. The largest absolute Gasteiger partial charge is 0.310 e. The molecule has 0 radical (unpaired) electrons. The molecule has 0 saturated carbocycles. The SMILES string of the molecule is Cc1cc2nnc(SCC(=O)Nc3ccnn3C(C)C)n2c2ccccc12. The van der Waals surface area contributed by atoms with E-state index in [9.17, 15) is 4.79 Å². The van der Waals surface area contributed by atoms with Gasteiger partial charge in [0.15, 0.2) is 10.8 Å². The summed E-state index contributed by atoms with van der Waals surface area (Å²) in [6.45, 7) is 6.11. The van der Waals surface area contributed by atoms with Crippen LogP contribution in [0.25, 0.3) is 16.6 Å². The fourth-order valence-corrected chi connectivity index (χ4v) is 3.85. The first-order valence-corrected chi connectivity index (χ1v) is 9.73. The number of carbonyl (C=O) groups is 1. The first kappa shape index (κ1) is 17.5. The van der Waals surface area contributed by atoms with Crippen LogP contribution in [0, 0.1) is 6.92 Å². The summed E-state index contributed by atoms with van der Waals surface area (Å²) < 4.78 is 3.78. The summed E-state index contributed by atoms with van der Waals surface area (Å²) in [5, 5.41) is 17.5. The lowest BCUT2D eigenvalue weighted by Crippen LogP contribution is -2.18. The number of para-hydroxylation sites is 1. The normalized spacial score (nSPS) is 11.6. The van der Waals surface area contributed by atoms with Crippen LogP contribution in [0.2, 0.25) is 0 Å². The van der Waals surface area contributed by atoms with Crippen molar-refractivity contribution in [3.63, 3.8) is 0 Å². The van der Waals surface area contributed by atoms with Gasteiger partial charge in [-0.2, -0.15) is 5.10 Å². The monoisotopic (exact) mass is 380 g/mol. The minimum Gasteiger partial charge on any atom is -0.310 e. The Morgan fingerprint density at radius 2 is 2.04 bits per heavy atom. The Labute approximate surface area is 160 Å². The molecule has 1 amide bonds. The molecule has 0 aliphatic carbocycles.